The molecule has 0 spiro atoms. The van der Waals surface area contributed by atoms with Crippen molar-refractivity contribution in [3.8, 4) is 0 Å². The second-order valence-electron chi connectivity index (χ2n) is 10.2. The summed E-state index contributed by atoms with van der Waals surface area (Å²) in [5, 5.41) is 3.29. The summed E-state index contributed by atoms with van der Waals surface area (Å²) >= 11 is 0. The Balaban J connectivity index is 2.02. The Morgan fingerprint density at radius 1 is 0.630 bits per heavy atom. The van der Waals surface area contributed by atoms with Gasteiger partial charge in [-0.1, -0.05) is 58.9 Å². The molecule has 0 atom stereocenters. The minimum atomic E-state index is -1.66. The van der Waals surface area contributed by atoms with Crippen molar-refractivity contribution in [1.82, 2.24) is 0 Å². The molecule has 0 aromatic heterocycles. The predicted octanol–water partition coefficient (Wildman–Crippen LogP) is 6.77. The lowest BCUT2D eigenvalue weighted by Gasteiger charge is -2.31. The van der Waals surface area contributed by atoms with Gasteiger partial charge in [-0.15, -0.1) is 0 Å². The molecule has 5 heteroatoms. The van der Waals surface area contributed by atoms with Crippen LogP contribution in [0.4, 0.5) is 0 Å². The highest BCUT2D eigenvalue weighted by Gasteiger charge is 2.36. The van der Waals surface area contributed by atoms with Crippen molar-refractivity contribution in [1.29, 1.82) is 0 Å². The average Bonchev–Trinajstić information content (AvgIpc) is 3.14. The van der Waals surface area contributed by atoms with E-state index in [1.54, 1.807) is 21.5 Å². The monoisotopic (exact) mass is 420 g/mol. The zero-order valence-electron chi connectivity index (χ0n) is 18.9. The summed E-state index contributed by atoms with van der Waals surface area (Å²) < 4.78 is 12.3. The molecule has 2 nitrogen and oxygen atoms in total. The Morgan fingerprint density at radius 2 is 1.00 bits per heavy atom. The SMILES string of the molecule is C[Si](C)(C)OCCC1=CCC=C1[Si](C)(C)C1=CCC=C1CCO[Si](C)(C)C. The van der Waals surface area contributed by atoms with E-state index in [1.165, 1.54) is 0 Å². The maximum atomic E-state index is 6.13. The fraction of sp³-hybridized carbons (Fsp3) is 0.636. The smallest absolute Gasteiger partial charge is 0.183 e. The molecule has 0 saturated carbocycles. The first-order valence-corrected chi connectivity index (χ1v) is 20.3. The van der Waals surface area contributed by atoms with Gasteiger partial charge in [0.2, 0.25) is 0 Å². The summed E-state index contributed by atoms with van der Waals surface area (Å²) in [6.45, 7) is 20.4. The third-order valence-electron chi connectivity index (χ3n) is 5.22. The van der Waals surface area contributed by atoms with E-state index < -0.39 is 24.7 Å². The van der Waals surface area contributed by atoms with E-state index in [-0.39, 0.29) is 0 Å². The molecule has 0 heterocycles. The van der Waals surface area contributed by atoms with Gasteiger partial charge in [-0.05, 0) is 65.0 Å². The first-order chi connectivity index (χ1) is 12.4. The first kappa shape index (κ1) is 22.8. The lowest BCUT2D eigenvalue weighted by molar-refractivity contribution is 0.316. The molecular weight excluding hydrogens is 380 g/mol. The Bertz CT molecular complexity index is 600. The van der Waals surface area contributed by atoms with Crippen molar-refractivity contribution >= 4 is 24.7 Å². The molecule has 0 N–H and O–H groups in total. The van der Waals surface area contributed by atoms with Gasteiger partial charge in [0.05, 0.1) is 0 Å². The summed E-state index contributed by atoms with van der Waals surface area (Å²) in [6.07, 6.45) is 14.2. The van der Waals surface area contributed by atoms with Crippen molar-refractivity contribution in [3.63, 3.8) is 0 Å². The number of rotatable bonds is 10. The minimum absolute atomic E-state index is 0.870. The highest BCUT2D eigenvalue weighted by atomic mass is 28.4. The molecule has 0 radical (unpaired) electrons. The lowest BCUT2D eigenvalue weighted by atomic mass is 10.2. The van der Waals surface area contributed by atoms with Crippen LogP contribution in [-0.2, 0) is 8.85 Å². The lowest BCUT2D eigenvalue weighted by Crippen LogP contribution is -2.34. The molecular formula is C22H40O2Si3. The molecule has 152 valence electrons. The molecule has 0 amide bonds. The quantitative estimate of drug-likeness (QED) is 0.363. The molecule has 0 bridgehead atoms. The summed E-state index contributed by atoms with van der Waals surface area (Å²) in [5.74, 6) is 0. The van der Waals surface area contributed by atoms with Crippen LogP contribution >= 0.6 is 0 Å². The Hall–Kier alpha value is -0.469. The van der Waals surface area contributed by atoms with Crippen LogP contribution in [0, 0.1) is 0 Å². The third-order valence-corrected chi connectivity index (χ3v) is 11.1. The highest BCUT2D eigenvalue weighted by Crippen LogP contribution is 2.40. The third kappa shape index (κ3) is 6.82. The van der Waals surface area contributed by atoms with Crippen LogP contribution in [0.2, 0.25) is 52.4 Å². The van der Waals surface area contributed by atoms with Gasteiger partial charge in [0.15, 0.2) is 16.6 Å². The summed E-state index contributed by atoms with van der Waals surface area (Å²) in [5.41, 5.74) is 3.10. The number of hydrogen-bond acceptors (Lipinski definition) is 2. The molecule has 0 fully saturated rings. The van der Waals surface area contributed by atoms with Gasteiger partial charge < -0.3 is 8.85 Å². The van der Waals surface area contributed by atoms with E-state index in [9.17, 15) is 0 Å². The Labute approximate surface area is 170 Å². The van der Waals surface area contributed by atoms with E-state index in [2.05, 4.69) is 76.7 Å². The molecule has 2 aliphatic rings. The van der Waals surface area contributed by atoms with Crippen LogP contribution in [-0.4, -0.2) is 37.9 Å². The number of hydrogen-bond donors (Lipinski definition) is 0. The van der Waals surface area contributed by atoms with Gasteiger partial charge in [0.25, 0.3) is 0 Å². The summed E-state index contributed by atoms with van der Waals surface area (Å²) in [7, 11) is -4.52. The molecule has 0 unspecified atom stereocenters. The Kier molecular flexibility index (Phi) is 7.53. The van der Waals surface area contributed by atoms with Gasteiger partial charge in [0, 0.05) is 13.2 Å². The number of allylic oxidation sites excluding steroid dienone is 6. The van der Waals surface area contributed by atoms with Crippen LogP contribution in [0.3, 0.4) is 0 Å². The molecule has 0 aromatic rings. The van der Waals surface area contributed by atoms with Crippen molar-refractivity contribution in [2.45, 2.75) is 78.1 Å². The largest absolute Gasteiger partial charge is 0.417 e. The van der Waals surface area contributed by atoms with Gasteiger partial charge in [-0.2, -0.15) is 0 Å². The van der Waals surface area contributed by atoms with Crippen LogP contribution in [0.15, 0.2) is 45.8 Å². The van der Waals surface area contributed by atoms with E-state index >= 15 is 0 Å². The van der Waals surface area contributed by atoms with Crippen LogP contribution < -0.4 is 0 Å². The maximum absolute atomic E-state index is 6.13. The van der Waals surface area contributed by atoms with Gasteiger partial charge >= 0.3 is 0 Å². The fourth-order valence-corrected chi connectivity index (χ4v) is 9.02. The van der Waals surface area contributed by atoms with E-state index in [0.717, 1.165) is 38.9 Å². The average molecular weight is 421 g/mol. The van der Waals surface area contributed by atoms with Crippen LogP contribution in [0.25, 0.3) is 0 Å². The van der Waals surface area contributed by atoms with Crippen LogP contribution in [0.5, 0.6) is 0 Å². The van der Waals surface area contributed by atoms with Crippen molar-refractivity contribution in [2.75, 3.05) is 13.2 Å². The topological polar surface area (TPSA) is 18.5 Å². The van der Waals surface area contributed by atoms with E-state index in [1.807, 2.05) is 0 Å². The van der Waals surface area contributed by atoms with Crippen molar-refractivity contribution in [2.24, 2.45) is 0 Å². The molecule has 27 heavy (non-hydrogen) atoms. The minimum Gasteiger partial charge on any atom is -0.417 e. The van der Waals surface area contributed by atoms with Crippen LogP contribution in [0.1, 0.15) is 25.7 Å². The molecule has 0 saturated heterocycles. The molecule has 0 aliphatic heterocycles. The van der Waals surface area contributed by atoms with Gasteiger partial charge in [-0.25, -0.2) is 0 Å². The van der Waals surface area contributed by atoms with Crippen molar-refractivity contribution in [3.05, 3.63) is 45.8 Å². The first-order valence-electron chi connectivity index (χ1n) is 10.5. The zero-order chi connectivity index (χ0) is 20.3. The van der Waals surface area contributed by atoms with E-state index in [0.29, 0.717) is 0 Å². The maximum Gasteiger partial charge on any atom is 0.183 e. The molecule has 0 aromatic carbocycles. The molecule has 2 rings (SSSR count). The standard InChI is InChI=1S/C22H40O2Si3/c1-25(2,3)23-17-15-19-11-9-13-21(19)27(7,8)22-14-10-12-20(22)16-18-24-26(4,5)6/h11-14H,9-10,15-18H2,1-8H3. The van der Waals surface area contributed by atoms with Gasteiger partial charge in [-0.3, -0.25) is 0 Å². The summed E-state index contributed by atoms with van der Waals surface area (Å²) in [4.78, 5) is 0. The predicted molar refractivity (Wildman–Crippen MR) is 127 cm³/mol. The van der Waals surface area contributed by atoms with E-state index in [4.69, 9.17) is 8.85 Å². The van der Waals surface area contributed by atoms with Crippen molar-refractivity contribution < 1.29 is 8.85 Å². The second kappa shape index (κ2) is 8.91. The normalized spacial score (nSPS) is 18.4. The zero-order valence-corrected chi connectivity index (χ0v) is 21.9. The van der Waals surface area contributed by atoms with Gasteiger partial charge in [0.1, 0.15) is 8.07 Å². The Morgan fingerprint density at radius 3 is 1.33 bits per heavy atom. The summed E-state index contributed by atoms with van der Waals surface area (Å²) in [6, 6.07) is 0. The highest BCUT2D eigenvalue weighted by molar-refractivity contribution is 6.92. The molecule has 2 aliphatic carbocycles. The fourth-order valence-electron chi connectivity index (χ4n) is 3.99. The second-order valence-corrected chi connectivity index (χ2v) is 23.6.